The third kappa shape index (κ3) is 5.68. The van der Waals surface area contributed by atoms with E-state index in [1.807, 2.05) is 24.3 Å². The van der Waals surface area contributed by atoms with Crippen molar-refractivity contribution in [3.05, 3.63) is 24.3 Å². The zero-order chi connectivity index (χ0) is 15.6. The monoisotopic (exact) mass is 304 g/mol. The molecule has 0 aromatic heterocycles. The summed E-state index contributed by atoms with van der Waals surface area (Å²) in [5, 5.41) is 6.35. The Balaban J connectivity index is 1.79. The van der Waals surface area contributed by atoms with Crippen LogP contribution in [0.15, 0.2) is 24.3 Å². The number of para-hydroxylation sites is 2. The summed E-state index contributed by atoms with van der Waals surface area (Å²) in [6.07, 6.45) is 6.07. The minimum absolute atomic E-state index is 0.0880. The molecule has 2 N–H and O–H groups in total. The highest BCUT2D eigenvalue weighted by molar-refractivity contribution is 5.92. The predicted octanol–water partition coefficient (Wildman–Crippen LogP) is 3.58. The van der Waals surface area contributed by atoms with E-state index >= 15 is 0 Å². The Bertz CT molecular complexity index is 456. The van der Waals surface area contributed by atoms with E-state index in [0.717, 1.165) is 43.8 Å². The van der Waals surface area contributed by atoms with Crippen LogP contribution in [-0.2, 0) is 4.79 Å². The van der Waals surface area contributed by atoms with Crippen molar-refractivity contribution in [1.82, 2.24) is 5.32 Å². The molecule has 0 bridgehead atoms. The smallest absolute Gasteiger partial charge is 0.224 e. The summed E-state index contributed by atoms with van der Waals surface area (Å²) in [6.45, 7) is 5.00. The van der Waals surface area contributed by atoms with Gasteiger partial charge < -0.3 is 15.4 Å². The minimum atomic E-state index is 0.0880. The Morgan fingerprint density at radius 1 is 1.32 bits per heavy atom. The Kier molecular flexibility index (Phi) is 7.23. The number of hydrogen-bond acceptors (Lipinski definition) is 3. The van der Waals surface area contributed by atoms with E-state index in [-0.39, 0.29) is 5.91 Å². The van der Waals surface area contributed by atoms with E-state index in [9.17, 15) is 4.79 Å². The molecule has 0 spiro atoms. The Morgan fingerprint density at radius 2 is 2.09 bits per heavy atom. The molecule has 1 amide bonds. The fraction of sp³-hybridized carbons (Fsp3) is 0.611. The second kappa shape index (κ2) is 9.46. The number of anilines is 1. The lowest BCUT2D eigenvalue weighted by molar-refractivity contribution is -0.116. The summed E-state index contributed by atoms with van der Waals surface area (Å²) in [5.41, 5.74) is 0.786. The first-order chi connectivity index (χ1) is 10.8. The minimum Gasteiger partial charge on any atom is -0.491 e. The van der Waals surface area contributed by atoms with Crippen molar-refractivity contribution in [2.75, 3.05) is 25.0 Å². The molecular weight excluding hydrogens is 276 g/mol. The van der Waals surface area contributed by atoms with Crippen LogP contribution in [0.4, 0.5) is 5.69 Å². The number of carbonyl (C=O) groups is 1. The van der Waals surface area contributed by atoms with Gasteiger partial charge in [-0.3, -0.25) is 4.79 Å². The first-order valence-electron chi connectivity index (χ1n) is 8.52. The van der Waals surface area contributed by atoms with Crippen molar-refractivity contribution >= 4 is 11.6 Å². The summed E-state index contributed by atoms with van der Waals surface area (Å²) in [7, 11) is 0. The first kappa shape index (κ1) is 16.8. The van der Waals surface area contributed by atoms with Crippen LogP contribution in [0.5, 0.6) is 5.75 Å². The number of unbranched alkanes of at least 4 members (excludes halogenated alkanes) is 1. The van der Waals surface area contributed by atoms with Gasteiger partial charge in [-0.2, -0.15) is 0 Å². The van der Waals surface area contributed by atoms with Crippen molar-refractivity contribution in [2.24, 2.45) is 5.92 Å². The van der Waals surface area contributed by atoms with E-state index in [4.69, 9.17) is 4.74 Å². The molecule has 0 saturated carbocycles. The average molecular weight is 304 g/mol. The topological polar surface area (TPSA) is 50.4 Å². The van der Waals surface area contributed by atoms with Gasteiger partial charge >= 0.3 is 0 Å². The molecule has 1 heterocycles. The second-order valence-corrected chi connectivity index (χ2v) is 5.98. The standard InChI is InChI=1S/C18H28N2O2/c1-2-3-14-22-17-7-5-4-6-16(17)20-18(21)9-8-15-10-12-19-13-11-15/h4-7,15,19H,2-3,8-14H2,1H3,(H,20,21). The summed E-state index contributed by atoms with van der Waals surface area (Å²) < 4.78 is 5.75. The maximum atomic E-state index is 12.2. The van der Waals surface area contributed by atoms with Crippen molar-refractivity contribution in [1.29, 1.82) is 0 Å². The Labute approximate surface area is 133 Å². The molecular formula is C18H28N2O2. The van der Waals surface area contributed by atoms with Gasteiger partial charge in [0.1, 0.15) is 5.75 Å². The van der Waals surface area contributed by atoms with Crippen LogP contribution in [0, 0.1) is 5.92 Å². The van der Waals surface area contributed by atoms with Crippen molar-refractivity contribution in [3.63, 3.8) is 0 Å². The molecule has 4 heteroatoms. The Hall–Kier alpha value is -1.55. The van der Waals surface area contributed by atoms with Gasteiger partial charge in [0.2, 0.25) is 5.91 Å². The van der Waals surface area contributed by atoms with Gasteiger partial charge in [-0.05, 0) is 56.8 Å². The van der Waals surface area contributed by atoms with E-state index < -0.39 is 0 Å². The highest BCUT2D eigenvalue weighted by atomic mass is 16.5. The summed E-state index contributed by atoms with van der Waals surface area (Å²) >= 11 is 0. The van der Waals surface area contributed by atoms with Gasteiger partial charge in [-0.1, -0.05) is 25.5 Å². The molecule has 0 radical (unpaired) electrons. The fourth-order valence-electron chi connectivity index (χ4n) is 2.74. The summed E-state index contributed by atoms with van der Waals surface area (Å²) in [6, 6.07) is 7.68. The van der Waals surface area contributed by atoms with Gasteiger partial charge in [0.25, 0.3) is 0 Å². The number of carbonyl (C=O) groups excluding carboxylic acids is 1. The zero-order valence-electron chi connectivity index (χ0n) is 13.6. The molecule has 4 nitrogen and oxygen atoms in total. The number of rotatable bonds is 8. The number of piperidine rings is 1. The predicted molar refractivity (Wildman–Crippen MR) is 90.3 cm³/mol. The van der Waals surface area contributed by atoms with Crippen LogP contribution in [0.3, 0.4) is 0 Å². The van der Waals surface area contributed by atoms with Crippen molar-refractivity contribution in [3.8, 4) is 5.75 Å². The molecule has 1 fully saturated rings. The lowest BCUT2D eigenvalue weighted by Crippen LogP contribution is -2.28. The van der Waals surface area contributed by atoms with E-state index in [1.54, 1.807) is 0 Å². The number of ether oxygens (including phenoxy) is 1. The molecule has 0 unspecified atom stereocenters. The van der Waals surface area contributed by atoms with Gasteiger partial charge in [0, 0.05) is 6.42 Å². The normalized spacial score (nSPS) is 15.5. The fourth-order valence-corrected chi connectivity index (χ4v) is 2.74. The molecule has 1 aromatic rings. The van der Waals surface area contributed by atoms with Gasteiger partial charge in [-0.15, -0.1) is 0 Å². The molecule has 0 atom stereocenters. The molecule has 1 saturated heterocycles. The van der Waals surface area contributed by atoms with Crippen LogP contribution < -0.4 is 15.4 Å². The van der Waals surface area contributed by atoms with Crippen LogP contribution in [0.25, 0.3) is 0 Å². The molecule has 22 heavy (non-hydrogen) atoms. The van der Waals surface area contributed by atoms with Crippen LogP contribution in [-0.4, -0.2) is 25.6 Å². The molecule has 2 rings (SSSR count). The average Bonchev–Trinajstić information content (AvgIpc) is 2.56. The van der Waals surface area contributed by atoms with Crippen molar-refractivity contribution in [2.45, 2.75) is 45.4 Å². The number of amides is 1. The highest BCUT2D eigenvalue weighted by Gasteiger charge is 2.15. The Morgan fingerprint density at radius 3 is 2.86 bits per heavy atom. The molecule has 1 aromatic carbocycles. The zero-order valence-corrected chi connectivity index (χ0v) is 13.6. The SMILES string of the molecule is CCCCOc1ccccc1NC(=O)CCC1CCNCC1. The maximum absolute atomic E-state index is 12.2. The number of nitrogens with one attached hydrogen (secondary N) is 2. The quantitative estimate of drug-likeness (QED) is 0.722. The second-order valence-electron chi connectivity index (χ2n) is 5.98. The number of benzene rings is 1. The third-order valence-corrected chi connectivity index (χ3v) is 4.15. The molecule has 122 valence electrons. The first-order valence-corrected chi connectivity index (χ1v) is 8.52. The van der Waals surface area contributed by atoms with Gasteiger partial charge in [-0.25, -0.2) is 0 Å². The van der Waals surface area contributed by atoms with Crippen LogP contribution >= 0.6 is 0 Å². The van der Waals surface area contributed by atoms with E-state index in [0.29, 0.717) is 18.9 Å². The summed E-state index contributed by atoms with van der Waals surface area (Å²) in [4.78, 5) is 12.2. The summed E-state index contributed by atoms with van der Waals surface area (Å²) in [5.74, 6) is 1.54. The van der Waals surface area contributed by atoms with Gasteiger partial charge in [0.05, 0.1) is 12.3 Å². The van der Waals surface area contributed by atoms with Gasteiger partial charge in [0.15, 0.2) is 0 Å². The lowest BCUT2D eigenvalue weighted by atomic mass is 9.93. The maximum Gasteiger partial charge on any atom is 0.224 e. The molecule has 1 aliphatic rings. The van der Waals surface area contributed by atoms with E-state index in [2.05, 4.69) is 17.6 Å². The largest absolute Gasteiger partial charge is 0.491 e. The number of hydrogen-bond donors (Lipinski definition) is 2. The van der Waals surface area contributed by atoms with Crippen LogP contribution in [0.2, 0.25) is 0 Å². The van der Waals surface area contributed by atoms with E-state index in [1.165, 1.54) is 12.8 Å². The highest BCUT2D eigenvalue weighted by Crippen LogP contribution is 2.25. The molecule has 0 aliphatic carbocycles. The third-order valence-electron chi connectivity index (χ3n) is 4.15. The van der Waals surface area contributed by atoms with Crippen molar-refractivity contribution < 1.29 is 9.53 Å². The molecule has 1 aliphatic heterocycles. The van der Waals surface area contributed by atoms with Crippen LogP contribution in [0.1, 0.15) is 45.4 Å². The lowest BCUT2D eigenvalue weighted by Gasteiger charge is -2.22.